The Hall–Kier alpha value is -2.36. The first-order valence-electron chi connectivity index (χ1n) is 7.73. The zero-order valence-corrected chi connectivity index (χ0v) is 14.3. The molecule has 0 aromatic heterocycles. The van der Waals surface area contributed by atoms with Crippen molar-refractivity contribution in [2.24, 2.45) is 0 Å². The molecule has 4 nitrogen and oxygen atoms in total. The molecule has 4 heteroatoms. The lowest BCUT2D eigenvalue weighted by molar-refractivity contribution is 0.0545. The fourth-order valence-corrected chi connectivity index (χ4v) is 2.02. The van der Waals surface area contributed by atoms with Gasteiger partial charge < -0.3 is 10.1 Å². The topological polar surface area (TPSA) is 55.4 Å². The highest BCUT2D eigenvalue weighted by Gasteiger charge is 2.16. The summed E-state index contributed by atoms with van der Waals surface area (Å²) in [6.45, 7) is 6.38. The zero-order chi connectivity index (χ0) is 17.2. The maximum atomic E-state index is 12.1. The highest BCUT2D eigenvalue weighted by molar-refractivity contribution is 6.05. The monoisotopic (exact) mass is 315 g/mol. The van der Waals surface area contributed by atoms with Crippen molar-refractivity contribution in [2.45, 2.75) is 33.6 Å². The van der Waals surface area contributed by atoms with Gasteiger partial charge >= 0.3 is 5.97 Å². The second-order valence-electron chi connectivity index (χ2n) is 5.59. The third kappa shape index (κ3) is 6.51. The van der Waals surface area contributed by atoms with Crippen molar-refractivity contribution < 1.29 is 14.3 Å². The van der Waals surface area contributed by atoms with Gasteiger partial charge in [0, 0.05) is 7.05 Å². The Bertz CT molecular complexity index is 611. The Morgan fingerprint density at radius 1 is 1.09 bits per heavy atom. The predicted molar refractivity (Wildman–Crippen MR) is 92.5 cm³/mol. The second-order valence-corrected chi connectivity index (χ2v) is 5.59. The zero-order valence-electron chi connectivity index (χ0n) is 14.3. The molecule has 0 bridgehead atoms. The number of nitrogens with one attached hydrogen (secondary N) is 1. The summed E-state index contributed by atoms with van der Waals surface area (Å²) >= 11 is 0. The summed E-state index contributed by atoms with van der Waals surface area (Å²) < 4.78 is 5.25. The third-order valence-corrected chi connectivity index (χ3v) is 3.36. The Morgan fingerprint density at radius 3 is 2.35 bits per heavy atom. The molecule has 0 radical (unpaired) electrons. The minimum atomic E-state index is -0.488. The summed E-state index contributed by atoms with van der Waals surface area (Å²) in [5.74, 6) is -0.788. The Kier molecular flexibility index (Phi) is 7.81. The van der Waals surface area contributed by atoms with Crippen LogP contribution in [0.15, 0.2) is 47.6 Å². The van der Waals surface area contributed by atoms with E-state index in [0.29, 0.717) is 5.56 Å². The third-order valence-electron chi connectivity index (χ3n) is 3.36. The van der Waals surface area contributed by atoms with E-state index >= 15 is 0 Å². The maximum absolute atomic E-state index is 12.1. The van der Waals surface area contributed by atoms with Crippen LogP contribution in [0, 0.1) is 0 Å². The van der Waals surface area contributed by atoms with Crippen LogP contribution in [0.25, 0.3) is 0 Å². The van der Waals surface area contributed by atoms with E-state index in [-0.39, 0.29) is 18.1 Å². The number of hydrogen-bond acceptors (Lipinski definition) is 3. The van der Waals surface area contributed by atoms with Crippen molar-refractivity contribution >= 4 is 11.9 Å². The summed E-state index contributed by atoms with van der Waals surface area (Å²) in [5, 5.41) is 2.52. The van der Waals surface area contributed by atoms with E-state index in [2.05, 4.69) is 25.2 Å². The fourth-order valence-electron chi connectivity index (χ4n) is 2.02. The lowest BCUT2D eigenvalue weighted by Crippen LogP contribution is -2.21. The summed E-state index contributed by atoms with van der Waals surface area (Å²) in [5.41, 5.74) is 3.08. The summed E-state index contributed by atoms with van der Waals surface area (Å²) in [7, 11) is 1.53. The molecule has 0 aliphatic rings. The standard InChI is InChI=1S/C19H25NO3/c1-14(2)8-7-9-15(3)12-13-23-19(22)17-11-6-5-10-16(17)18(21)20-4/h5-6,8,10-12H,7,9,13H2,1-4H3,(H,20,21). The van der Waals surface area contributed by atoms with Crippen LogP contribution in [0.1, 0.15) is 54.3 Å². The van der Waals surface area contributed by atoms with Gasteiger partial charge in [0.1, 0.15) is 6.61 Å². The molecule has 1 rings (SSSR count). The quantitative estimate of drug-likeness (QED) is 0.613. The maximum Gasteiger partial charge on any atom is 0.339 e. The van der Waals surface area contributed by atoms with E-state index in [4.69, 9.17) is 4.74 Å². The van der Waals surface area contributed by atoms with Crippen LogP contribution in [-0.2, 0) is 4.74 Å². The van der Waals surface area contributed by atoms with Gasteiger partial charge in [0.2, 0.25) is 0 Å². The largest absolute Gasteiger partial charge is 0.458 e. The second kappa shape index (κ2) is 9.62. The molecule has 0 aliphatic carbocycles. The molecule has 0 spiro atoms. The lowest BCUT2D eigenvalue weighted by Gasteiger charge is -2.08. The van der Waals surface area contributed by atoms with Crippen LogP contribution in [0.2, 0.25) is 0 Å². The van der Waals surface area contributed by atoms with Gasteiger partial charge in [0.05, 0.1) is 11.1 Å². The SMILES string of the molecule is CNC(=O)c1ccccc1C(=O)OCC=C(C)CCC=C(C)C. The number of rotatable bonds is 7. The number of carbonyl (C=O) groups excluding carboxylic acids is 2. The van der Waals surface area contributed by atoms with E-state index in [0.717, 1.165) is 12.8 Å². The number of benzene rings is 1. The molecule has 1 N–H and O–H groups in total. The Balaban J connectivity index is 2.61. The van der Waals surface area contributed by atoms with Crippen molar-refractivity contribution in [2.75, 3.05) is 13.7 Å². The molecule has 23 heavy (non-hydrogen) atoms. The summed E-state index contributed by atoms with van der Waals surface area (Å²) in [6, 6.07) is 6.63. The number of ether oxygens (including phenoxy) is 1. The van der Waals surface area contributed by atoms with Crippen LogP contribution in [0.5, 0.6) is 0 Å². The first-order chi connectivity index (χ1) is 11.0. The molecule has 1 amide bonds. The van der Waals surface area contributed by atoms with Gasteiger partial charge in [0.15, 0.2) is 0 Å². The average Bonchev–Trinajstić information content (AvgIpc) is 2.53. The number of allylic oxidation sites excluding steroid dienone is 3. The first-order valence-corrected chi connectivity index (χ1v) is 7.73. The molecule has 124 valence electrons. The summed E-state index contributed by atoms with van der Waals surface area (Å²) in [6.07, 6.45) is 6.01. The Morgan fingerprint density at radius 2 is 1.74 bits per heavy atom. The van der Waals surface area contributed by atoms with Crippen molar-refractivity contribution in [1.29, 1.82) is 0 Å². The normalized spacial score (nSPS) is 10.9. The summed E-state index contributed by atoms with van der Waals surface area (Å²) in [4.78, 5) is 23.9. The molecule has 0 saturated heterocycles. The first kappa shape index (κ1) is 18.7. The highest BCUT2D eigenvalue weighted by Crippen LogP contribution is 2.11. The van der Waals surface area contributed by atoms with Gasteiger partial charge in [-0.2, -0.15) is 0 Å². The number of amides is 1. The van der Waals surface area contributed by atoms with Gasteiger partial charge in [-0.3, -0.25) is 4.79 Å². The highest BCUT2D eigenvalue weighted by atomic mass is 16.5. The van der Waals surface area contributed by atoms with Crippen molar-refractivity contribution in [1.82, 2.24) is 5.32 Å². The van der Waals surface area contributed by atoms with Gasteiger partial charge in [-0.25, -0.2) is 4.79 Å². The predicted octanol–water partition coefficient (Wildman–Crippen LogP) is 3.90. The van der Waals surface area contributed by atoms with Crippen LogP contribution < -0.4 is 5.32 Å². The minimum absolute atomic E-state index is 0.210. The molecule has 1 aromatic carbocycles. The van der Waals surface area contributed by atoms with Gasteiger partial charge in [-0.15, -0.1) is 0 Å². The molecule has 1 aromatic rings. The molecule has 0 heterocycles. The number of carbonyl (C=O) groups is 2. The molecule has 0 unspecified atom stereocenters. The van der Waals surface area contributed by atoms with Crippen LogP contribution >= 0.6 is 0 Å². The number of esters is 1. The van der Waals surface area contributed by atoms with Crippen LogP contribution in [-0.4, -0.2) is 25.5 Å². The molecule has 0 atom stereocenters. The molecular weight excluding hydrogens is 290 g/mol. The lowest BCUT2D eigenvalue weighted by atomic mass is 10.1. The van der Waals surface area contributed by atoms with Crippen LogP contribution in [0.3, 0.4) is 0 Å². The number of hydrogen-bond donors (Lipinski definition) is 1. The smallest absolute Gasteiger partial charge is 0.339 e. The van der Waals surface area contributed by atoms with E-state index < -0.39 is 5.97 Å². The van der Waals surface area contributed by atoms with Gasteiger partial charge in [0.25, 0.3) is 5.91 Å². The van der Waals surface area contributed by atoms with Crippen molar-refractivity contribution in [3.05, 3.63) is 58.7 Å². The van der Waals surface area contributed by atoms with E-state index in [1.54, 1.807) is 24.3 Å². The molecule has 0 aliphatic heterocycles. The van der Waals surface area contributed by atoms with Gasteiger partial charge in [-0.1, -0.05) is 29.4 Å². The van der Waals surface area contributed by atoms with Gasteiger partial charge in [-0.05, 0) is 51.8 Å². The average molecular weight is 315 g/mol. The van der Waals surface area contributed by atoms with E-state index in [9.17, 15) is 9.59 Å². The minimum Gasteiger partial charge on any atom is -0.458 e. The molecule has 0 saturated carbocycles. The van der Waals surface area contributed by atoms with E-state index in [1.807, 2.05) is 13.0 Å². The van der Waals surface area contributed by atoms with Crippen molar-refractivity contribution in [3.8, 4) is 0 Å². The van der Waals surface area contributed by atoms with Crippen molar-refractivity contribution in [3.63, 3.8) is 0 Å². The molecular formula is C19H25NO3. The molecule has 0 fully saturated rings. The Labute approximate surface area is 138 Å². The van der Waals surface area contributed by atoms with E-state index in [1.165, 1.54) is 18.2 Å². The van der Waals surface area contributed by atoms with Crippen LogP contribution in [0.4, 0.5) is 0 Å². The fraction of sp³-hybridized carbons (Fsp3) is 0.368.